The minimum absolute atomic E-state index is 0.00902. The molecule has 8 atom stereocenters. The zero-order chi connectivity index (χ0) is 28.1. The number of esters is 1. The van der Waals surface area contributed by atoms with E-state index >= 15 is 0 Å². The van der Waals surface area contributed by atoms with Crippen LogP contribution >= 0.6 is 0 Å². The van der Waals surface area contributed by atoms with E-state index < -0.39 is 35.7 Å². The van der Waals surface area contributed by atoms with Gasteiger partial charge in [-0.3, -0.25) is 0 Å². The van der Waals surface area contributed by atoms with E-state index in [1.165, 1.54) is 0 Å². The molecule has 37 heavy (non-hydrogen) atoms. The molecule has 11 heteroatoms. The van der Waals surface area contributed by atoms with Crippen molar-refractivity contribution in [3.05, 3.63) is 21.8 Å². The maximum absolute atomic E-state index is 12.7. The van der Waals surface area contributed by atoms with Crippen LogP contribution in [0.25, 0.3) is 10.4 Å². The van der Waals surface area contributed by atoms with E-state index in [2.05, 4.69) is 21.8 Å². The van der Waals surface area contributed by atoms with Gasteiger partial charge in [0.15, 0.2) is 6.29 Å². The topological polar surface area (TPSA) is 135 Å². The molecule has 0 aromatic carbocycles. The van der Waals surface area contributed by atoms with Gasteiger partial charge in [0.25, 0.3) is 0 Å². The molecule has 0 aromatic rings. The first kappa shape index (κ1) is 31.3. The van der Waals surface area contributed by atoms with Crippen molar-refractivity contribution in [2.45, 2.75) is 97.2 Å². The lowest BCUT2D eigenvalue weighted by molar-refractivity contribution is -0.286. The van der Waals surface area contributed by atoms with Gasteiger partial charge in [0, 0.05) is 50.4 Å². The van der Waals surface area contributed by atoms with Crippen molar-refractivity contribution >= 4 is 5.97 Å². The maximum atomic E-state index is 12.7. The van der Waals surface area contributed by atoms with Gasteiger partial charge in [0.2, 0.25) is 5.79 Å². The van der Waals surface area contributed by atoms with E-state index in [1.54, 1.807) is 27.9 Å². The number of hydrogen-bond donors (Lipinski definition) is 1. The van der Waals surface area contributed by atoms with E-state index in [0.717, 1.165) is 0 Å². The summed E-state index contributed by atoms with van der Waals surface area (Å²) in [6, 6.07) is 0.125. The second kappa shape index (κ2) is 12.8. The Kier molecular flexibility index (Phi) is 10.8. The van der Waals surface area contributed by atoms with Crippen LogP contribution < -0.4 is 0 Å². The quantitative estimate of drug-likeness (QED) is 0.174. The number of hydrogen-bond acceptors (Lipinski definition) is 9. The molecule has 0 aromatic heterocycles. The number of carbonyl (C=O) groups excluding carboxylic acids is 1. The molecule has 3 unspecified atom stereocenters. The second-order valence-corrected chi connectivity index (χ2v) is 11.4. The zero-order valence-corrected chi connectivity index (χ0v) is 24.1. The highest BCUT2D eigenvalue weighted by molar-refractivity contribution is 5.89. The predicted octanol–water partition coefficient (Wildman–Crippen LogP) is 4.01. The van der Waals surface area contributed by atoms with Crippen LogP contribution in [0.2, 0.25) is 0 Å². The first-order valence-electron chi connectivity index (χ1n) is 13.0. The minimum atomic E-state index is -1.13. The number of aliphatic hydroxyl groups excluding tert-OH is 1. The summed E-state index contributed by atoms with van der Waals surface area (Å²) in [6.45, 7) is 13.1. The molecule has 1 fully saturated rings. The van der Waals surface area contributed by atoms with Crippen LogP contribution in [-0.2, 0) is 28.5 Å². The lowest BCUT2D eigenvalue weighted by atomic mass is 9.80. The van der Waals surface area contributed by atoms with Crippen molar-refractivity contribution in [1.82, 2.24) is 4.90 Å². The lowest BCUT2D eigenvalue weighted by Crippen LogP contribution is -2.56. The van der Waals surface area contributed by atoms with Crippen LogP contribution in [0.4, 0.5) is 0 Å². The van der Waals surface area contributed by atoms with Gasteiger partial charge in [-0.2, -0.15) is 0 Å². The van der Waals surface area contributed by atoms with Crippen molar-refractivity contribution in [2.24, 2.45) is 22.9 Å². The summed E-state index contributed by atoms with van der Waals surface area (Å²) in [5.74, 6) is -1.60. The third-order valence-corrected chi connectivity index (χ3v) is 7.53. The molecule has 11 nitrogen and oxygen atoms in total. The summed E-state index contributed by atoms with van der Waals surface area (Å²) in [4.78, 5) is 17.7. The molecule has 0 amide bonds. The first-order chi connectivity index (χ1) is 17.2. The number of nitrogens with zero attached hydrogens (tertiary/aromatic N) is 4. The smallest absolute Gasteiger partial charge is 0.340 e. The average molecular weight is 527 g/mol. The Bertz CT molecular complexity index is 873. The first-order valence-corrected chi connectivity index (χ1v) is 13.0. The molecule has 1 saturated heterocycles. The van der Waals surface area contributed by atoms with Gasteiger partial charge in [0.1, 0.15) is 5.76 Å². The summed E-state index contributed by atoms with van der Waals surface area (Å²) in [6.07, 6.45) is -0.381. The number of azide groups is 1. The van der Waals surface area contributed by atoms with Gasteiger partial charge in [-0.25, -0.2) is 4.79 Å². The highest BCUT2D eigenvalue weighted by Crippen LogP contribution is 2.41. The monoisotopic (exact) mass is 526 g/mol. The van der Waals surface area contributed by atoms with E-state index in [0.29, 0.717) is 24.2 Å². The fraction of sp³-hybridized carbons (Fsp3) is 0.885. The molecular formula is C26H46N4O7. The summed E-state index contributed by atoms with van der Waals surface area (Å²) < 4.78 is 30.8. The van der Waals surface area contributed by atoms with Crippen LogP contribution in [0, 0.1) is 17.8 Å². The van der Waals surface area contributed by atoms with E-state index in [1.807, 2.05) is 34.9 Å². The summed E-state index contributed by atoms with van der Waals surface area (Å²) in [7, 11) is 5.63. The molecule has 2 rings (SSSR count). The second-order valence-electron chi connectivity index (χ2n) is 11.4. The Morgan fingerprint density at radius 3 is 2.51 bits per heavy atom. The summed E-state index contributed by atoms with van der Waals surface area (Å²) in [5.41, 5.74) is 8.37. The third kappa shape index (κ3) is 7.59. The van der Waals surface area contributed by atoms with E-state index in [-0.39, 0.29) is 37.1 Å². The zero-order valence-electron chi connectivity index (χ0n) is 24.1. The average Bonchev–Trinajstić information content (AvgIpc) is 2.83. The van der Waals surface area contributed by atoms with Gasteiger partial charge in [-0.15, -0.1) is 0 Å². The summed E-state index contributed by atoms with van der Waals surface area (Å²) >= 11 is 0. The number of cyclic esters (lactones) is 1. The van der Waals surface area contributed by atoms with Crippen LogP contribution in [0.15, 0.2) is 16.4 Å². The number of ether oxygens (including phenoxy) is 5. The van der Waals surface area contributed by atoms with Crippen molar-refractivity contribution in [3.63, 3.8) is 0 Å². The third-order valence-electron chi connectivity index (χ3n) is 7.53. The fourth-order valence-corrected chi connectivity index (χ4v) is 5.46. The Labute approximate surface area is 221 Å². The molecule has 0 aliphatic carbocycles. The van der Waals surface area contributed by atoms with Crippen LogP contribution in [0.1, 0.15) is 61.3 Å². The number of rotatable bonds is 12. The Balaban J connectivity index is 2.53. The van der Waals surface area contributed by atoms with Gasteiger partial charge in [0.05, 0.1) is 29.9 Å². The van der Waals surface area contributed by atoms with Crippen molar-refractivity contribution in [1.29, 1.82) is 0 Å². The molecule has 0 bridgehead atoms. The fourth-order valence-electron chi connectivity index (χ4n) is 5.46. The van der Waals surface area contributed by atoms with Crippen molar-refractivity contribution in [2.75, 3.05) is 34.4 Å². The van der Waals surface area contributed by atoms with E-state index in [4.69, 9.17) is 29.2 Å². The lowest BCUT2D eigenvalue weighted by Gasteiger charge is -2.48. The highest BCUT2D eigenvalue weighted by atomic mass is 16.7. The molecule has 0 spiro atoms. The molecule has 0 saturated carbocycles. The van der Waals surface area contributed by atoms with Gasteiger partial charge >= 0.3 is 5.97 Å². The largest absolute Gasteiger partial charge is 0.456 e. The maximum Gasteiger partial charge on any atom is 0.340 e. The standard InChI is InChI=1S/C26H46N4O7/c1-15(14-31)12-26(7,33-10)22(17(3)21-18(4)23(32)37-25(5,6)36-21)35-24-16(2)20(30(8)9)11-19(34-24)13-28-29-27/h15-17,19-20,22,24,31H,11-14H2,1-10H3/t15-,16?,17+,19?,20?,22-,24+,26-/m1/s1. The molecule has 212 valence electrons. The molecule has 2 aliphatic rings. The normalized spacial score (nSPS) is 30.0. The Morgan fingerprint density at radius 2 is 1.97 bits per heavy atom. The van der Waals surface area contributed by atoms with Crippen LogP contribution in [0.3, 0.4) is 0 Å². The highest BCUT2D eigenvalue weighted by Gasteiger charge is 2.48. The number of methoxy groups -OCH3 is 1. The van der Waals surface area contributed by atoms with Crippen molar-refractivity contribution in [3.8, 4) is 0 Å². The molecule has 2 aliphatic heterocycles. The predicted molar refractivity (Wildman–Crippen MR) is 138 cm³/mol. The molecular weight excluding hydrogens is 480 g/mol. The SMILES string of the molecule is CO[C@](C)(C[C@@H](C)CO)[C@H](O[C@@H]1OC(CN=[N+]=[N-])CC(N(C)C)C1C)[C@@H](C)C1=C(C)C(=O)OC(C)(C)O1. The molecule has 2 heterocycles. The van der Waals surface area contributed by atoms with E-state index in [9.17, 15) is 9.90 Å². The molecule has 1 N–H and O–H groups in total. The number of aliphatic hydroxyl groups is 1. The number of carbonyl (C=O) groups is 1. The van der Waals surface area contributed by atoms with Crippen LogP contribution in [-0.4, -0.2) is 86.3 Å². The Morgan fingerprint density at radius 1 is 1.32 bits per heavy atom. The van der Waals surface area contributed by atoms with Gasteiger partial charge in [-0.1, -0.05) is 25.9 Å². The van der Waals surface area contributed by atoms with Crippen LogP contribution in [0.5, 0.6) is 0 Å². The summed E-state index contributed by atoms with van der Waals surface area (Å²) in [5, 5.41) is 13.6. The van der Waals surface area contributed by atoms with Gasteiger partial charge < -0.3 is 33.7 Å². The molecule has 0 radical (unpaired) electrons. The van der Waals surface area contributed by atoms with Gasteiger partial charge in [-0.05, 0) is 52.2 Å². The van der Waals surface area contributed by atoms with Crippen molar-refractivity contribution < 1.29 is 33.6 Å². The minimum Gasteiger partial charge on any atom is -0.456 e. The Hall–Kier alpha value is -1.88.